The van der Waals surface area contributed by atoms with Crippen LogP contribution in [0.1, 0.15) is 30.4 Å². The molecule has 9 heteroatoms. The van der Waals surface area contributed by atoms with E-state index in [1.807, 2.05) is 23.1 Å². The minimum Gasteiger partial charge on any atom is -0.365 e. The van der Waals surface area contributed by atoms with Crippen molar-refractivity contribution in [3.05, 3.63) is 65.2 Å². The van der Waals surface area contributed by atoms with Crippen molar-refractivity contribution in [2.75, 3.05) is 31.6 Å². The number of carbonyl (C=O) groups excluding carboxylic acids is 1. The maximum atomic E-state index is 14.1. The quantitative estimate of drug-likeness (QED) is 0.317. The van der Waals surface area contributed by atoms with Gasteiger partial charge >= 0.3 is 0 Å². The Balaban J connectivity index is 0.00000306. The van der Waals surface area contributed by atoms with Gasteiger partial charge in [-0.25, -0.2) is 8.78 Å². The zero-order chi connectivity index (χ0) is 22.5. The first kappa shape index (κ1) is 25.2. The third-order valence-electron chi connectivity index (χ3n) is 6.00. The summed E-state index contributed by atoms with van der Waals surface area (Å²) in [4.78, 5) is 19.8. The highest BCUT2D eigenvalue weighted by atomic mass is 127. The minimum atomic E-state index is -0.538. The Kier molecular flexibility index (Phi) is 8.87. The number of likely N-dealkylation sites (tertiary alicyclic amines) is 1. The molecule has 0 aliphatic carbocycles. The fourth-order valence-corrected chi connectivity index (χ4v) is 4.38. The van der Waals surface area contributed by atoms with Gasteiger partial charge in [0.05, 0.1) is 0 Å². The van der Waals surface area contributed by atoms with Crippen molar-refractivity contribution in [1.82, 2.24) is 15.5 Å². The Labute approximate surface area is 210 Å². The van der Waals surface area contributed by atoms with Gasteiger partial charge in [-0.15, -0.1) is 24.0 Å². The van der Waals surface area contributed by atoms with Crippen molar-refractivity contribution in [3.8, 4) is 0 Å². The van der Waals surface area contributed by atoms with Crippen molar-refractivity contribution in [1.29, 1.82) is 0 Å². The number of halogens is 3. The minimum absolute atomic E-state index is 0. The molecule has 0 radical (unpaired) electrons. The van der Waals surface area contributed by atoms with Crippen LogP contribution in [-0.2, 0) is 17.9 Å². The molecule has 2 aromatic carbocycles. The number of aliphatic imine (C=N–C) groups is 1. The fourth-order valence-electron chi connectivity index (χ4n) is 4.38. The molecular formula is C24H30F2IN5O. The van der Waals surface area contributed by atoms with Gasteiger partial charge in [-0.1, -0.05) is 30.3 Å². The summed E-state index contributed by atoms with van der Waals surface area (Å²) in [5.74, 6) is -0.211. The Morgan fingerprint density at radius 1 is 1.12 bits per heavy atom. The number of amides is 1. The van der Waals surface area contributed by atoms with E-state index >= 15 is 0 Å². The van der Waals surface area contributed by atoms with Crippen LogP contribution in [0.4, 0.5) is 14.5 Å². The second kappa shape index (κ2) is 11.6. The van der Waals surface area contributed by atoms with Crippen LogP contribution in [0.15, 0.2) is 47.5 Å². The summed E-state index contributed by atoms with van der Waals surface area (Å²) < 4.78 is 28.2. The Morgan fingerprint density at radius 3 is 2.55 bits per heavy atom. The number of benzene rings is 2. The number of nitrogens with zero attached hydrogens (tertiary/aromatic N) is 3. The van der Waals surface area contributed by atoms with E-state index in [1.165, 1.54) is 18.2 Å². The largest absolute Gasteiger partial charge is 0.365 e. The highest BCUT2D eigenvalue weighted by molar-refractivity contribution is 14.0. The summed E-state index contributed by atoms with van der Waals surface area (Å²) in [6.45, 7) is 3.12. The van der Waals surface area contributed by atoms with Crippen LogP contribution in [0.5, 0.6) is 0 Å². The van der Waals surface area contributed by atoms with Gasteiger partial charge in [0.2, 0.25) is 5.91 Å². The van der Waals surface area contributed by atoms with Crippen molar-refractivity contribution in [2.24, 2.45) is 4.99 Å². The van der Waals surface area contributed by atoms with E-state index in [4.69, 9.17) is 0 Å². The van der Waals surface area contributed by atoms with E-state index in [1.54, 1.807) is 11.9 Å². The molecule has 0 bridgehead atoms. The summed E-state index contributed by atoms with van der Waals surface area (Å²) in [6.07, 6.45) is 2.34. The third-order valence-corrected chi connectivity index (χ3v) is 6.00. The maximum Gasteiger partial charge on any atom is 0.222 e. The van der Waals surface area contributed by atoms with E-state index in [0.717, 1.165) is 30.5 Å². The molecule has 2 aliphatic rings. The average molecular weight is 569 g/mol. The van der Waals surface area contributed by atoms with E-state index in [9.17, 15) is 13.6 Å². The lowest BCUT2D eigenvalue weighted by Crippen LogP contribution is -2.44. The lowest BCUT2D eigenvalue weighted by Gasteiger charge is -2.21. The van der Waals surface area contributed by atoms with Crippen LogP contribution >= 0.6 is 24.0 Å². The second-order valence-corrected chi connectivity index (χ2v) is 8.31. The topological polar surface area (TPSA) is 60.0 Å². The van der Waals surface area contributed by atoms with Gasteiger partial charge in [0.25, 0.3) is 0 Å². The van der Waals surface area contributed by atoms with Gasteiger partial charge in [0.1, 0.15) is 17.3 Å². The lowest BCUT2D eigenvalue weighted by molar-refractivity contribution is -0.128. The number of para-hydroxylation sites is 1. The summed E-state index contributed by atoms with van der Waals surface area (Å²) in [6, 6.07) is 12.2. The van der Waals surface area contributed by atoms with E-state index in [2.05, 4.69) is 21.7 Å². The first-order chi connectivity index (χ1) is 15.5. The smallest absolute Gasteiger partial charge is 0.222 e. The Bertz CT molecular complexity index is 982. The predicted molar refractivity (Wildman–Crippen MR) is 137 cm³/mol. The number of hydrogen-bond acceptors (Lipinski definition) is 3. The molecule has 4 rings (SSSR count). The number of rotatable bonds is 6. The van der Waals surface area contributed by atoms with E-state index < -0.39 is 11.6 Å². The van der Waals surface area contributed by atoms with Crippen LogP contribution < -0.4 is 15.5 Å². The van der Waals surface area contributed by atoms with Crippen LogP contribution in [0.2, 0.25) is 0 Å². The van der Waals surface area contributed by atoms with Crippen molar-refractivity contribution < 1.29 is 13.6 Å². The molecule has 1 atom stereocenters. The molecule has 0 spiro atoms. The van der Waals surface area contributed by atoms with Crippen LogP contribution in [0.3, 0.4) is 0 Å². The predicted octanol–water partition coefficient (Wildman–Crippen LogP) is 3.65. The lowest BCUT2D eigenvalue weighted by atomic mass is 10.1. The van der Waals surface area contributed by atoms with E-state index in [0.29, 0.717) is 38.6 Å². The molecule has 2 aromatic rings. The molecule has 2 heterocycles. The summed E-state index contributed by atoms with van der Waals surface area (Å²) >= 11 is 0. The average Bonchev–Trinajstić information content (AvgIpc) is 3.40. The summed E-state index contributed by atoms with van der Waals surface area (Å²) in [5.41, 5.74) is 2.24. The van der Waals surface area contributed by atoms with Crippen molar-refractivity contribution in [2.45, 2.75) is 38.4 Å². The molecule has 2 fully saturated rings. The Morgan fingerprint density at radius 2 is 1.85 bits per heavy atom. The molecule has 2 N–H and O–H groups in total. The maximum absolute atomic E-state index is 14.1. The normalized spacial score (nSPS) is 18.5. The van der Waals surface area contributed by atoms with Crippen LogP contribution in [0, 0.1) is 11.6 Å². The number of nitrogens with one attached hydrogen (secondary N) is 2. The first-order valence-electron chi connectivity index (χ1n) is 11.0. The van der Waals surface area contributed by atoms with Gasteiger partial charge in [0.15, 0.2) is 5.96 Å². The van der Waals surface area contributed by atoms with Gasteiger partial charge < -0.3 is 20.4 Å². The number of anilines is 1. The highest BCUT2D eigenvalue weighted by Crippen LogP contribution is 2.26. The van der Waals surface area contributed by atoms with Crippen LogP contribution in [-0.4, -0.2) is 49.5 Å². The zero-order valence-electron chi connectivity index (χ0n) is 18.7. The second-order valence-electron chi connectivity index (χ2n) is 8.31. The van der Waals surface area contributed by atoms with Crippen LogP contribution in [0.25, 0.3) is 0 Å². The fraction of sp³-hybridized carbons (Fsp3) is 0.417. The van der Waals surface area contributed by atoms with Gasteiger partial charge in [-0.05, 0) is 36.1 Å². The molecule has 178 valence electrons. The molecule has 33 heavy (non-hydrogen) atoms. The molecule has 6 nitrogen and oxygen atoms in total. The molecule has 1 amide bonds. The number of guanidine groups is 1. The monoisotopic (exact) mass is 569 g/mol. The van der Waals surface area contributed by atoms with Gasteiger partial charge in [-0.3, -0.25) is 9.79 Å². The molecule has 2 saturated heterocycles. The highest BCUT2D eigenvalue weighted by Gasteiger charge is 2.27. The summed E-state index contributed by atoms with van der Waals surface area (Å²) in [5, 5.41) is 6.66. The van der Waals surface area contributed by atoms with Gasteiger partial charge in [0, 0.05) is 52.2 Å². The number of hydrogen-bond donors (Lipinski definition) is 2. The third kappa shape index (κ3) is 6.33. The molecule has 0 aromatic heterocycles. The SMILES string of the molecule is CN=C(NCc1cccc(CN2CCCC2=O)c1)NC1CCN(c2c(F)cccc2F)C1.I. The standard InChI is InChI=1S/C24H29F2N5O.HI/c1-27-24(29-19-10-12-31(16-19)23-20(25)7-3-8-21(23)26)28-14-17-5-2-6-18(13-17)15-30-11-4-9-22(30)32;/h2-3,5-8,13,19H,4,9-12,14-16H2,1H3,(H2,27,28,29);1H. The molecular weight excluding hydrogens is 539 g/mol. The zero-order valence-corrected chi connectivity index (χ0v) is 21.0. The number of carbonyl (C=O) groups is 1. The summed E-state index contributed by atoms with van der Waals surface area (Å²) in [7, 11) is 1.70. The van der Waals surface area contributed by atoms with Crippen molar-refractivity contribution >= 4 is 41.5 Å². The van der Waals surface area contributed by atoms with Gasteiger partial charge in [-0.2, -0.15) is 0 Å². The molecule has 0 saturated carbocycles. The van der Waals surface area contributed by atoms with E-state index in [-0.39, 0.29) is 41.6 Å². The first-order valence-corrected chi connectivity index (χ1v) is 11.0. The van der Waals surface area contributed by atoms with Crippen molar-refractivity contribution in [3.63, 3.8) is 0 Å². The molecule has 1 unspecified atom stereocenters. The molecule has 2 aliphatic heterocycles. The Hall–Kier alpha value is -2.43.